The molecule has 6 nitrogen and oxygen atoms in total. The zero-order valence-corrected chi connectivity index (χ0v) is 19.6. The fraction of sp³-hybridized carbons (Fsp3) is 0.192. The van der Waals surface area contributed by atoms with Gasteiger partial charge < -0.3 is 9.47 Å². The molecule has 0 saturated heterocycles. The molecule has 0 saturated carbocycles. The summed E-state index contributed by atoms with van der Waals surface area (Å²) in [4.78, 5) is 13.2. The van der Waals surface area contributed by atoms with Gasteiger partial charge in [0.05, 0.1) is 19.5 Å². The number of benzene rings is 3. The molecule has 0 spiro atoms. The summed E-state index contributed by atoms with van der Waals surface area (Å²) in [5.41, 5.74) is 2.66. The van der Waals surface area contributed by atoms with Gasteiger partial charge in [-0.1, -0.05) is 60.3 Å². The van der Waals surface area contributed by atoms with Crippen LogP contribution in [0.5, 0.6) is 11.5 Å². The average Bonchev–Trinajstić information content (AvgIpc) is 3.25. The van der Waals surface area contributed by atoms with E-state index in [1.807, 2.05) is 60.0 Å². The van der Waals surface area contributed by atoms with Crippen LogP contribution < -0.4 is 9.47 Å². The Bertz CT molecular complexity index is 1230. The number of carbonyl (C=O) groups is 1. The van der Waals surface area contributed by atoms with Crippen LogP contribution in [0, 0.1) is 0 Å². The van der Waals surface area contributed by atoms with E-state index >= 15 is 0 Å². The van der Waals surface area contributed by atoms with E-state index < -0.39 is 0 Å². The molecule has 0 aliphatic heterocycles. The number of hydrogen-bond donors (Lipinski definition) is 0. The topological polar surface area (TPSA) is 66.2 Å². The van der Waals surface area contributed by atoms with Gasteiger partial charge in [-0.2, -0.15) is 0 Å². The van der Waals surface area contributed by atoms with Crippen LogP contribution in [0.3, 0.4) is 0 Å². The van der Waals surface area contributed by atoms with E-state index in [1.165, 1.54) is 11.8 Å². The van der Waals surface area contributed by atoms with Crippen LogP contribution in [-0.2, 0) is 6.42 Å². The molecule has 0 aliphatic rings. The molecule has 168 valence electrons. The van der Waals surface area contributed by atoms with Gasteiger partial charge in [0.2, 0.25) is 0 Å². The first-order valence-corrected chi connectivity index (χ1v) is 11.4. The van der Waals surface area contributed by atoms with Gasteiger partial charge in [0.1, 0.15) is 5.82 Å². The number of ether oxygens (including phenoxy) is 2. The molecule has 4 aromatic rings. The van der Waals surface area contributed by atoms with Gasteiger partial charge in [-0.3, -0.25) is 9.36 Å². The second kappa shape index (κ2) is 10.4. The van der Waals surface area contributed by atoms with Gasteiger partial charge in [0, 0.05) is 17.7 Å². The Labute approximate surface area is 197 Å². The van der Waals surface area contributed by atoms with Gasteiger partial charge in [-0.15, -0.1) is 10.2 Å². The number of carbonyl (C=O) groups excluding carboxylic acids is 1. The summed E-state index contributed by atoms with van der Waals surface area (Å²) in [5, 5.41) is 9.21. The maximum Gasteiger partial charge on any atom is 0.196 e. The predicted octanol–water partition coefficient (Wildman–Crippen LogP) is 5.24. The lowest BCUT2D eigenvalue weighted by atomic mass is 10.1. The minimum atomic E-state index is -0.376. The molecule has 1 heterocycles. The van der Waals surface area contributed by atoms with E-state index in [9.17, 15) is 4.79 Å². The van der Waals surface area contributed by atoms with Gasteiger partial charge in [0.25, 0.3) is 0 Å². The molecule has 1 atom stereocenters. The van der Waals surface area contributed by atoms with Crippen molar-refractivity contribution < 1.29 is 14.3 Å². The molecule has 0 bridgehead atoms. The molecule has 0 amide bonds. The normalized spacial score (nSPS) is 11.7. The highest BCUT2D eigenvalue weighted by Gasteiger charge is 2.23. The minimum absolute atomic E-state index is 0.0202. The number of aromatic nitrogens is 3. The van der Waals surface area contributed by atoms with Crippen molar-refractivity contribution in [2.24, 2.45) is 0 Å². The van der Waals surface area contributed by atoms with E-state index in [0.29, 0.717) is 28.6 Å². The second-order valence-corrected chi connectivity index (χ2v) is 8.73. The van der Waals surface area contributed by atoms with Crippen LogP contribution in [0.15, 0.2) is 84.0 Å². The molecule has 0 radical (unpaired) electrons. The summed E-state index contributed by atoms with van der Waals surface area (Å²) in [5.74, 6) is 1.91. The molecule has 33 heavy (non-hydrogen) atoms. The summed E-state index contributed by atoms with van der Waals surface area (Å²) >= 11 is 1.39. The number of hydrogen-bond acceptors (Lipinski definition) is 6. The highest BCUT2D eigenvalue weighted by atomic mass is 32.2. The fourth-order valence-corrected chi connectivity index (χ4v) is 4.51. The first kappa shape index (κ1) is 22.6. The van der Waals surface area contributed by atoms with Gasteiger partial charge >= 0.3 is 0 Å². The van der Waals surface area contributed by atoms with Crippen molar-refractivity contribution in [1.82, 2.24) is 14.8 Å². The monoisotopic (exact) mass is 459 g/mol. The smallest absolute Gasteiger partial charge is 0.196 e. The summed E-state index contributed by atoms with van der Waals surface area (Å²) in [7, 11) is 3.13. The lowest BCUT2D eigenvalue weighted by Gasteiger charge is -2.14. The third kappa shape index (κ3) is 5.09. The zero-order chi connectivity index (χ0) is 23.2. The van der Waals surface area contributed by atoms with Crippen LogP contribution >= 0.6 is 11.8 Å². The molecule has 7 heteroatoms. The van der Waals surface area contributed by atoms with E-state index in [-0.39, 0.29) is 11.0 Å². The third-order valence-electron chi connectivity index (χ3n) is 5.24. The van der Waals surface area contributed by atoms with Crippen LogP contribution in [-0.4, -0.2) is 40.0 Å². The van der Waals surface area contributed by atoms with Crippen molar-refractivity contribution in [3.05, 3.63) is 95.8 Å². The molecule has 1 aromatic heterocycles. The van der Waals surface area contributed by atoms with E-state index in [1.54, 1.807) is 32.4 Å². The second-order valence-electron chi connectivity index (χ2n) is 7.43. The first-order valence-electron chi connectivity index (χ1n) is 10.6. The molecule has 4 rings (SSSR count). The number of nitrogens with zero attached hydrogens (tertiary/aromatic N) is 3. The van der Waals surface area contributed by atoms with Crippen LogP contribution in [0.4, 0.5) is 0 Å². The average molecular weight is 460 g/mol. The molecular formula is C26H25N3O3S. The van der Waals surface area contributed by atoms with Gasteiger partial charge in [-0.05, 0) is 42.8 Å². The third-order valence-corrected chi connectivity index (χ3v) is 6.28. The molecule has 0 aliphatic carbocycles. The Morgan fingerprint density at radius 2 is 1.58 bits per heavy atom. The first-order chi connectivity index (χ1) is 16.1. The Hall–Kier alpha value is -3.58. The fourth-order valence-electron chi connectivity index (χ4n) is 3.54. The molecule has 0 fully saturated rings. The van der Waals surface area contributed by atoms with E-state index in [2.05, 4.69) is 22.3 Å². The van der Waals surface area contributed by atoms with Gasteiger partial charge in [-0.25, -0.2) is 0 Å². The molecular weight excluding hydrogens is 434 g/mol. The lowest BCUT2D eigenvalue weighted by Crippen LogP contribution is -2.15. The predicted molar refractivity (Wildman–Crippen MR) is 130 cm³/mol. The van der Waals surface area contributed by atoms with Crippen LogP contribution in [0.2, 0.25) is 0 Å². The Kier molecular flexibility index (Phi) is 7.10. The summed E-state index contributed by atoms with van der Waals surface area (Å²) in [6.45, 7) is 1.88. The maximum absolute atomic E-state index is 13.2. The summed E-state index contributed by atoms with van der Waals surface area (Å²) < 4.78 is 12.7. The molecule has 1 unspecified atom stereocenters. The number of rotatable bonds is 9. The molecule has 0 N–H and O–H groups in total. The standard InChI is InChI=1S/C26H25N3O3S/c1-18(25(30)20-14-15-22(31-2)23(17-20)32-3)33-26-28-27-24(16-19-10-6-4-7-11-19)29(26)21-12-8-5-9-13-21/h4-15,17-18H,16H2,1-3H3. The van der Waals surface area contributed by atoms with Crippen molar-refractivity contribution in [3.63, 3.8) is 0 Å². The quantitative estimate of drug-likeness (QED) is 0.252. The molecule has 3 aromatic carbocycles. The number of Topliss-reactive ketones (excluding diaryl/α,β-unsaturated/α-hetero) is 1. The number of thioether (sulfide) groups is 1. The Morgan fingerprint density at radius 1 is 0.909 bits per heavy atom. The summed E-state index contributed by atoms with van der Waals surface area (Å²) in [6, 6.07) is 25.3. The number of ketones is 1. The number of methoxy groups -OCH3 is 2. The lowest BCUT2D eigenvalue weighted by molar-refractivity contribution is 0.0993. The zero-order valence-electron chi connectivity index (χ0n) is 18.8. The number of para-hydroxylation sites is 1. The van der Waals surface area contributed by atoms with Gasteiger partial charge in [0.15, 0.2) is 22.4 Å². The minimum Gasteiger partial charge on any atom is -0.493 e. The highest BCUT2D eigenvalue weighted by Crippen LogP contribution is 2.31. The van der Waals surface area contributed by atoms with E-state index in [0.717, 1.165) is 17.1 Å². The van der Waals surface area contributed by atoms with Crippen molar-refractivity contribution in [1.29, 1.82) is 0 Å². The van der Waals surface area contributed by atoms with Crippen LogP contribution in [0.1, 0.15) is 28.7 Å². The maximum atomic E-state index is 13.2. The van der Waals surface area contributed by atoms with Crippen molar-refractivity contribution >= 4 is 17.5 Å². The van der Waals surface area contributed by atoms with Crippen LogP contribution in [0.25, 0.3) is 5.69 Å². The SMILES string of the molecule is COc1ccc(C(=O)C(C)Sc2nnc(Cc3ccccc3)n2-c2ccccc2)cc1OC. The Morgan fingerprint density at radius 3 is 2.24 bits per heavy atom. The van der Waals surface area contributed by atoms with Crippen molar-refractivity contribution in [2.45, 2.75) is 23.8 Å². The summed E-state index contributed by atoms with van der Waals surface area (Å²) in [6.07, 6.45) is 0.640. The van der Waals surface area contributed by atoms with E-state index in [4.69, 9.17) is 9.47 Å². The van der Waals surface area contributed by atoms with Crippen molar-refractivity contribution in [2.75, 3.05) is 14.2 Å². The Balaban J connectivity index is 1.63. The largest absolute Gasteiger partial charge is 0.493 e. The highest BCUT2D eigenvalue weighted by molar-refractivity contribution is 8.00. The van der Waals surface area contributed by atoms with Crippen molar-refractivity contribution in [3.8, 4) is 17.2 Å².